The van der Waals surface area contributed by atoms with E-state index in [4.69, 9.17) is 4.52 Å². The minimum Gasteiger partial charge on any atom is -0.340 e. The molecule has 0 saturated heterocycles. The van der Waals surface area contributed by atoms with Crippen molar-refractivity contribution in [2.45, 2.75) is 19.8 Å². The highest BCUT2D eigenvalue weighted by Gasteiger charge is 2.01. The number of rotatable bonds is 3. The molecule has 0 N–H and O–H groups in total. The molecular weight excluding hydrogens is 176 g/mol. The van der Waals surface area contributed by atoms with Gasteiger partial charge in [-0.2, -0.15) is 4.98 Å². The molecule has 0 unspecified atom stereocenters. The molecule has 2 rings (SSSR count). The molecule has 1 aromatic heterocycles. The van der Waals surface area contributed by atoms with Crippen LogP contribution in [0.2, 0.25) is 0 Å². The van der Waals surface area contributed by atoms with Crippen molar-refractivity contribution in [3.8, 4) is 0 Å². The zero-order valence-electron chi connectivity index (χ0n) is 8.10. The Morgan fingerprint density at radius 3 is 2.57 bits per heavy atom. The van der Waals surface area contributed by atoms with Gasteiger partial charge in [-0.3, -0.25) is 0 Å². The molecule has 0 spiro atoms. The highest BCUT2D eigenvalue weighted by molar-refractivity contribution is 5.15. The van der Waals surface area contributed by atoms with Gasteiger partial charge in [0, 0.05) is 13.3 Å². The van der Waals surface area contributed by atoms with E-state index in [1.807, 2.05) is 18.2 Å². The third kappa shape index (κ3) is 2.19. The molecule has 14 heavy (non-hydrogen) atoms. The quantitative estimate of drug-likeness (QED) is 0.740. The molecule has 72 valence electrons. The Hall–Kier alpha value is -1.64. The smallest absolute Gasteiger partial charge is 0.223 e. The Balaban J connectivity index is 1.95. The number of hydrogen-bond acceptors (Lipinski definition) is 3. The van der Waals surface area contributed by atoms with E-state index < -0.39 is 0 Å². The fourth-order valence-electron chi connectivity index (χ4n) is 1.34. The van der Waals surface area contributed by atoms with Gasteiger partial charge in [0.1, 0.15) is 0 Å². The van der Waals surface area contributed by atoms with Crippen LogP contribution >= 0.6 is 0 Å². The lowest BCUT2D eigenvalue weighted by atomic mass is 10.1. The summed E-state index contributed by atoms with van der Waals surface area (Å²) < 4.78 is 4.89. The van der Waals surface area contributed by atoms with Crippen molar-refractivity contribution in [3.05, 3.63) is 47.6 Å². The Morgan fingerprint density at radius 1 is 1.14 bits per heavy atom. The summed E-state index contributed by atoms with van der Waals surface area (Å²) >= 11 is 0. The molecule has 1 heterocycles. The second-order valence-corrected chi connectivity index (χ2v) is 3.22. The number of hydrogen-bond donors (Lipinski definition) is 0. The van der Waals surface area contributed by atoms with Crippen LogP contribution in [0, 0.1) is 6.92 Å². The number of benzene rings is 1. The van der Waals surface area contributed by atoms with E-state index in [1.54, 1.807) is 6.92 Å². The predicted molar refractivity (Wildman–Crippen MR) is 52.9 cm³/mol. The lowest BCUT2D eigenvalue weighted by Crippen LogP contribution is -1.92. The summed E-state index contributed by atoms with van der Waals surface area (Å²) in [5.74, 6) is 1.42. The standard InChI is InChI=1S/C11H12N2O/c1-9-12-11(13-14-9)8-7-10-5-3-2-4-6-10/h2-6H,7-8H2,1H3. The van der Waals surface area contributed by atoms with E-state index in [-0.39, 0.29) is 0 Å². The van der Waals surface area contributed by atoms with Crippen LogP contribution in [0.1, 0.15) is 17.3 Å². The molecule has 0 bridgehead atoms. The van der Waals surface area contributed by atoms with Gasteiger partial charge in [0.2, 0.25) is 5.89 Å². The van der Waals surface area contributed by atoms with E-state index in [0.717, 1.165) is 18.7 Å². The molecule has 2 aromatic rings. The van der Waals surface area contributed by atoms with Crippen molar-refractivity contribution in [1.29, 1.82) is 0 Å². The van der Waals surface area contributed by atoms with E-state index >= 15 is 0 Å². The molecule has 0 aliphatic heterocycles. The van der Waals surface area contributed by atoms with E-state index in [0.29, 0.717) is 5.89 Å². The van der Waals surface area contributed by atoms with Gasteiger partial charge in [0.25, 0.3) is 0 Å². The van der Waals surface area contributed by atoms with Crippen molar-refractivity contribution >= 4 is 0 Å². The highest BCUT2D eigenvalue weighted by Crippen LogP contribution is 2.04. The van der Waals surface area contributed by atoms with Crippen LogP contribution in [0.15, 0.2) is 34.9 Å². The summed E-state index contributed by atoms with van der Waals surface area (Å²) in [6.07, 6.45) is 1.79. The first-order valence-electron chi connectivity index (χ1n) is 4.68. The monoisotopic (exact) mass is 188 g/mol. The van der Waals surface area contributed by atoms with Gasteiger partial charge in [0.05, 0.1) is 0 Å². The van der Waals surface area contributed by atoms with Crippen molar-refractivity contribution in [2.24, 2.45) is 0 Å². The van der Waals surface area contributed by atoms with Gasteiger partial charge in [-0.25, -0.2) is 0 Å². The van der Waals surface area contributed by atoms with Crippen molar-refractivity contribution in [3.63, 3.8) is 0 Å². The number of aromatic nitrogens is 2. The Kier molecular flexibility index (Phi) is 2.58. The highest BCUT2D eigenvalue weighted by atomic mass is 16.5. The first-order valence-corrected chi connectivity index (χ1v) is 4.68. The second-order valence-electron chi connectivity index (χ2n) is 3.22. The van der Waals surface area contributed by atoms with Gasteiger partial charge < -0.3 is 4.52 Å². The van der Waals surface area contributed by atoms with E-state index in [1.165, 1.54) is 5.56 Å². The molecular formula is C11H12N2O. The zero-order chi connectivity index (χ0) is 9.80. The molecule has 0 aliphatic rings. The van der Waals surface area contributed by atoms with Crippen molar-refractivity contribution < 1.29 is 4.52 Å². The number of aryl methyl sites for hydroxylation is 3. The van der Waals surface area contributed by atoms with Gasteiger partial charge in [-0.1, -0.05) is 35.5 Å². The molecule has 0 radical (unpaired) electrons. The molecule has 0 fully saturated rings. The Bertz CT molecular complexity index is 395. The first-order chi connectivity index (χ1) is 6.84. The Labute approximate surface area is 82.8 Å². The third-order valence-electron chi connectivity index (χ3n) is 2.05. The van der Waals surface area contributed by atoms with Crippen LogP contribution in [-0.2, 0) is 12.8 Å². The lowest BCUT2D eigenvalue weighted by molar-refractivity contribution is 0.387. The maximum Gasteiger partial charge on any atom is 0.223 e. The van der Waals surface area contributed by atoms with Crippen LogP contribution < -0.4 is 0 Å². The summed E-state index contributed by atoms with van der Waals surface area (Å²) in [4.78, 5) is 4.15. The van der Waals surface area contributed by atoms with Crippen LogP contribution in [0.25, 0.3) is 0 Å². The summed E-state index contributed by atoms with van der Waals surface area (Å²) in [5.41, 5.74) is 1.30. The second kappa shape index (κ2) is 4.05. The molecule has 0 atom stereocenters. The van der Waals surface area contributed by atoms with Crippen molar-refractivity contribution in [1.82, 2.24) is 10.1 Å². The molecule has 0 aliphatic carbocycles. The average Bonchev–Trinajstić information content (AvgIpc) is 2.63. The molecule has 3 nitrogen and oxygen atoms in total. The van der Waals surface area contributed by atoms with Crippen LogP contribution in [-0.4, -0.2) is 10.1 Å². The minimum atomic E-state index is 0.632. The Morgan fingerprint density at radius 2 is 1.93 bits per heavy atom. The maximum absolute atomic E-state index is 4.89. The molecule has 3 heteroatoms. The predicted octanol–water partition coefficient (Wildman–Crippen LogP) is 2.16. The average molecular weight is 188 g/mol. The molecule has 0 amide bonds. The summed E-state index contributed by atoms with van der Waals surface area (Å²) in [6.45, 7) is 1.80. The summed E-state index contributed by atoms with van der Waals surface area (Å²) in [6, 6.07) is 10.3. The fraction of sp³-hybridized carbons (Fsp3) is 0.273. The largest absolute Gasteiger partial charge is 0.340 e. The third-order valence-corrected chi connectivity index (χ3v) is 2.05. The first kappa shape index (κ1) is 8.94. The summed E-state index contributed by atoms with van der Waals surface area (Å²) in [7, 11) is 0. The SMILES string of the molecule is Cc1nc(CCc2ccccc2)no1. The van der Waals surface area contributed by atoms with Gasteiger partial charge >= 0.3 is 0 Å². The van der Waals surface area contributed by atoms with Gasteiger partial charge in [0.15, 0.2) is 5.82 Å². The van der Waals surface area contributed by atoms with Gasteiger partial charge in [-0.15, -0.1) is 0 Å². The van der Waals surface area contributed by atoms with Crippen LogP contribution in [0.4, 0.5) is 0 Å². The lowest BCUT2D eigenvalue weighted by Gasteiger charge is -1.96. The molecule has 1 aromatic carbocycles. The van der Waals surface area contributed by atoms with Crippen LogP contribution in [0.5, 0.6) is 0 Å². The fourth-order valence-corrected chi connectivity index (χ4v) is 1.34. The van der Waals surface area contributed by atoms with Gasteiger partial charge in [-0.05, 0) is 12.0 Å². The van der Waals surface area contributed by atoms with E-state index in [9.17, 15) is 0 Å². The zero-order valence-corrected chi connectivity index (χ0v) is 8.10. The van der Waals surface area contributed by atoms with E-state index in [2.05, 4.69) is 22.3 Å². The topological polar surface area (TPSA) is 38.9 Å². The summed E-state index contributed by atoms with van der Waals surface area (Å²) in [5, 5.41) is 3.84. The maximum atomic E-state index is 4.89. The molecule has 0 saturated carbocycles. The number of nitrogens with zero attached hydrogens (tertiary/aromatic N) is 2. The van der Waals surface area contributed by atoms with Crippen molar-refractivity contribution in [2.75, 3.05) is 0 Å². The normalized spacial score (nSPS) is 10.4. The van der Waals surface area contributed by atoms with Crippen LogP contribution in [0.3, 0.4) is 0 Å². The minimum absolute atomic E-state index is 0.632.